The van der Waals surface area contributed by atoms with E-state index in [0.717, 1.165) is 47.2 Å². The Kier molecular flexibility index (Phi) is 4.48. The molecule has 1 unspecified atom stereocenters. The summed E-state index contributed by atoms with van der Waals surface area (Å²) in [5.74, 6) is 0.877. The molecule has 7 nitrogen and oxygen atoms in total. The third-order valence-corrected chi connectivity index (χ3v) is 5.41. The van der Waals surface area contributed by atoms with Crippen molar-refractivity contribution in [2.24, 2.45) is 0 Å². The minimum Gasteiger partial charge on any atom is -0.350 e. The van der Waals surface area contributed by atoms with Gasteiger partial charge in [-0.15, -0.1) is 5.10 Å². The molecule has 144 valence electrons. The molecule has 3 aromatic heterocycles. The van der Waals surface area contributed by atoms with Crippen molar-refractivity contribution in [3.63, 3.8) is 0 Å². The number of hydrogen-bond donors (Lipinski definition) is 0. The molecule has 0 aliphatic carbocycles. The van der Waals surface area contributed by atoms with E-state index in [9.17, 15) is 4.79 Å². The van der Waals surface area contributed by atoms with Crippen LogP contribution in [-0.2, 0) is 6.54 Å². The SMILES string of the molecule is O=c1ccc(-c2cccnc2)nn1CC1CCCN1c1nncc2ccccc12. The van der Waals surface area contributed by atoms with E-state index in [4.69, 9.17) is 0 Å². The monoisotopic (exact) mass is 384 g/mol. The van der Waals surface area contributed by atoms with Crippen LogP contribution < -0.4 is 10.5 Å². The summed E-state index contributed by atoms with van der Waals surface area (Å²) < 4.78 is 1.56. The average Bonchev–Trinajstić information content (AvgIpc) is 3.23. The molecule has 1 saturated heterocycles. The first-order valence-electron chi connectivity index (χ1n) is 9.75. The fraction of sp³-hybridized carbons (Fsp3) is 0.227. The van der Waals surface area contributed by atoms with Gasteiger partial charge in [-0.2, -0.15) is 10.2 Å². The van der Waals surface area contributed by atoms with Crippen LogP contribution in [-0.4, -0.2) is 37.5 Å². The second-order valence-electron chi connectivity index (χ2n) is 7.23. The van der Waals surface area contributed by atoms with Crippen LogP contribution in [0, 0.1) is 0 Å². The van der Waals surface area contributed by atoms with Gasteiger partial charge in [0.25, 0.3) is 5.56 Å². The zero-order valence-corrected chi connectivity index (χ0v) is 15.8. The van der Waals surface area contributed by atoms with Gasteiger partial charge in [0.05, 0.1) is 24.5 Å². The number of anilines is 1. The fourth-order valence-electron chi connectivity index (χ4n) is 3.98. The quantitative estimate of drug-likeness (QED) is 0.538. The summed E-state index contributed by atoms with van der Waals surface area (Å²) in [5, 5.41) is 15.4. The Bertz CT molecular complexity index is 1200. The first-order valence-corrected chi connectivity index (χ1v) is 9.75. The van der Waals surface area contributed by atoms with Crippen LogP contribution in [0.2, 0.25) is 0 Å². The summed E-state index contributed by atoms with van der Waals surface area (Å²) >= 11 is 0. The number of rotatable bonds is 4. The topological polar surface area (TPSA) is 76.8 Å². The van der Waals surface area contributed by atoms with E-state index in [1.54, 1.807) is 35.4 Å². The van der Waals surface area contributed by atoms with Gasteiger partial charge in [0.1, 0.15) is 0 Å². The highest BCUT2D eigenvalue weighted by Crippen LogP contribution is 2.30. The molecule has 4 heterocycles. The highest BCUT2D eigenvalue weighted by atomic mass is 16.1. The Morgan fingerprint density at radius 3 is 2.86 bits per heavy atom. The van der Waals surface area contributed by atoms with Crippen molar-refractivity contribution in [1.82, 2.24) is 25.0 Å². The molecule has 0 radical (unpaired) electrons. The van der Waals surface area contributed by atoms with Crippen molar-refractivity contribution in [3.8, 4) is 11.3 Å². The van der Waals surface area contributed by atoms with Gasteiger partial charge in [-0.1, -0.05) is 24.3 Å². The lowest BCUT2D eigenvalue weighted by molar-refractivity contribution is 0.488. The van der Waals surface area contributed by atoms with Gasteiger partial charge in [0.2, 0.25) is 0 Å². The zero-order valence-electron chi connectivity index (χ0n) is 15.8. The normalized spacial score (nSPS) is 16.4. The Morgan fingerprint density at radius 2 is 1.97 bits per heavy atom. The molecule has 0 N–H and O–H groups in total. The number of nitrogens with zero attached hydrogens (tertiary/aromatic N) is 6. The van der Waals surface area contributed by atoms with Crippen LogP contribution in [0.25, 0.3) is 22.0 Å². The third-order valence-electron chi connectivity index (χ3n) is 5.41. The molecule has 0 amide bonds. The average molecular weight is 384 g/mol. The molecule has 0 bridgehead atoms. The minimum atomic E-state index is -0.103. The van der Waals surface area contributed by atoms with Gasteiger partial charge in [0, 0.05) is 41.3 Å². The van der Waals surface area contributed by atoms with Crippen LogP contribution in [0.15, 0.2) is 71.9 Å². The maximum Gasteiger partial charge on any atom is 0.266 e. The molecule has 1 aliphatic rings. The number of fused-ring (bicyclic) bond motifs is 1. The van der Waals surface area contributed by atoms with E-state index in [0.29, 0.717) is 6.54 Å². The van der Waals surface area contributed by atoms with Crippen molar-refractivity contribution >= 4 is 16.6 Å². The van der Waals surface area contributed by atoms with E-state index in [-0.39, 0.29) is 11.6 Å². The standard InChI is InChI=1S/C22H20N6O/c29-21-10-9-20(17-6-3-11-23-13-17)26-28(21)15-18-7-4-12-27(18)22-19-8-2-1-5-16(19)14-24-25-22/h1-3,5-6,8-11,13-14,18H,4,7,12,15H2. The molecular formula is C22H20N6O. The van der Waals surface area contributed by atoms with Crippen LogP contribution in [0.3, 0.4) is 0 Å². The first-order chi connectivity index (χ1) is 14.3. The summed E-state index contributed by atoms with van der Waals surface area (Å²) in [4.78, 5) is 18.9. The van der Waals surface area contributed by atoms with Gasteiger partial charge >= 0.3 is 0 Å². The van der Waals surface area contributed by atoms with Gasteiger partial charge < -0.3 is 4.90 Å². The van der Waals surface area contributed by atoms with Gasteiger partial charge in [0.15, 0.2) is 5.82 Å². The molecule has 1 fully saturated rings. The van der Waals surface area contributed by atoms with Crippen LogP contribution in [0.4, 0.5) is 5.82 Å². The Labute approximate surface area is 167 Å². The number of aromatic nitrogens is 5. The van der Waals surface area contributed by atoms with E-state index in [2.05, 4.69) is 31.2 Å². The summed E-state index contributed by atoms with van der Waals surface area (Å²) in [6.45, 7) is 1.40. The molecule has 5 rings (SSSR count). The predicted molar refractivity (Wildman–Crippen MR) is 112 cm³/mol. The van der Waals surface area contributed by atoms with Gasteiger partial charge in [-0.3, -0.25) is 9.78 Å². The molecule has 0 spiro atoms. The molecular weight excluding hydrogens is 364 g/mol. The summed E-state index contributed by atoms with van der Waals surface area (Å²) in [6, 6.07) is 15.4. The Balaban J connectivity index is 1.48. The summed E-state index contributed by atoms with van der Waals surface area (Å²) in [7, 11) is 0. The fourth-order valence-corrected chi connectivity index (χ4v) is 3.98. The highest BCUT2D eigenvalue weighted by molar-refractivity contribution is 5.91. The lowest BCUT2D eigenvalue weighted by atomic mass is 10.1. The molecule has 29 heavy (non-hydrogen) atoms. The predicted octanol–water partition coefficient (Wildman–Crippen LogP) is 2.92. The summed E-state index contributed by atoms with van der Waals surface area (Å²) in [6.07, 6.45) is 7.29. The lowest BCUT2D eigenvalue weighted by Crippen LogP contribution is -2.37. The molecule has 7 heteroatoms. The Morgan fingerprint density at radius 1 is 1.03 bits per heavy atom. The number of pyridine rings is 1. The van der Waals surface area contributed by atoms with Crippen LogP contribution in [0.1, 0.15) is 12.8 Å². The third kappa shape index (κ3) is 3.35. The summed E-state index contributed by atoms with van der Waals surface area (Å²) in [5.41, 5.74) is 1.53. The zero-order chi connectivity index (χ0) is 19.6. The second-order valence-corrected chi connectivity index (χ2v) is 7.23. The van der Waals surface area contributed by atoms with Crippen LogP contribution in [0.5, 0.6) is 0 Å². The van der Waals surface area contributed by atoms with E-state index in [1.807, 2.05) is 30.3 Å². The second kappa shape index (κ2) is 7.43. The van der Waals surface area contributed by atoms with E-state index in [1.165, 1.54) is 0 Å². The van der Waals surface area contributed by atoms with E-state index >= 15 is 0 Å². The van der Waals surface area contributed by atoms with Crippen molar-refractivity contribution in [1.29, 1.82) is 0 Å². The van der Waals surface area contributed by atoms with E-state index < -0.39 is 0 Å². The van der Waals surface area contributed by atoms with Crippen LogP contribution >= 0.6 is 0 Å². The number of benzene rings is 1. The van der Waals surface area contributed by atoms with Gasteiger partial charge in [-0.25, -0.2) is 4.68 Å². The first kappa shape index (κ1) is 17.5. The maximum absolute atomic E-state index is 12.5. The highest BCUT2D eigenvalue weighted by Gasteiger charge is 2.28. The van der Waals surface area contributed by atoms with Crippen molar-refractivity contribution < 1.29 is 0 Å². The Hall–Kier alpha value is -3.61. The molecule has 1 aromatic carbocycles. The number of hydrogen-bond acceptors (Lipinski definition) is 6. The lowest BCUT2D eigenvalue weighted by Gasteiger charge is -2.26. The largest absolute Gasteiger partial charge is 0.350 e. The van der Waals surface area contributed by atoms with Crippen molar-refractivity contribution in [3.05, 3.63) is 77.5 Å². The minimum absolute atomic E-state index is 0.103. The van der Waals surface area contributed by atoms with Gasteiger partial charge in [-0.05, 0) is 31.0 Å². The smallest absolute Gasteiger partial charge is 0.266 e. The van der Waals surface area contributed by atoms with Crippen molar-refractivity contribution in [2.75, 3.05) is 11.4 Å². The van der Waals surface area contributed by atoms with Crippen molar-refractivity contribution in [2.45, 2.75) is 25.4 Å². The molecule has 0 saturated carbocycles. The molecule has 1 atom stereocenters. The molecule has 1 aliphatic heterocycles. The molecule has 4 aromatic rings. The maximum atomic E-state index is 12.5.